The van der Waals surface area contributed by atoms with Crippen LogP contribution in [0.3, 0.4) is 0 Å². The molecule has 1 atom stereocenters. The normalized spacial score (nSPS) is 19.7. The minimum Gasteiger partial charge on any atom is -0.378 e. The molecule has 0 spiro atoms. The van der Waals surface area contributed by atoms with Crippen molar-refractivity contribution in [2.24, 2.45) is 0 Å². The molecule has 1 aromatic rings. The minimum atomic E-state index is 0.140. The van der Waals surface area contributed by atoms with Gasteiger partial charge in [0.05, 0.1) is 11.8 Å². The molecule has 1 aliphatic heterocycles. The lowest BCUT2D eigenvalue weighted by Crippen LogP contribution is -2.35. The van der Waals surface area contributed by atoms with Crippen molar-refractivity contribution in [2.45, 2.75) is 78.1 Å². The van der Waals surface area contributed by atoms with E-state index < -0.39 is 0 Å². The first-order valence-electron chi connectivity index (χ1n) is 7.83. The molecule has 0 amide bonds. The van der Waals surface area contributed by atoms with Crippen LogP contribution in [0, 0.1) is 6.92 Å². The molecule has 114 valence electrons. The van der Waals surface area contributed by atoms with Gasteiger partial charge in [-0.2, -0.15) is 0 Å². The zero-order valence-electron chi connectivity index (χ0n) is 13.4. The van der Waals surface area contributed by atoms with Crippen LogP contribution in [0.2, 0.25) is 0 Å². The number of rotatable bonds is 6. The summed E-state index contributed by atoms with van der Waals surface area (Å²) in [7, 11) is 0. The molecule has 1 aromatic heterocycles. The van der Waals surface area contributed by atoms with Gasteiger partial charge in [-0.05, 0) is 53.4 Å². The fraction of sp³-hybridized carbons (Fsp3) is 0.812. The summed E-state index contributed by atoms with van der Waals surface area (Å²) in [5.41, 5.74) is 1.42. The highest BCUT2D eigenvalue weighted by atomic mass is 16.5. The molecule has 1 N–H and O–H groups in total. The van der Waals surface area contributed by atoms with Crippen LogP contribution in [0.1, 0.15) is 58.0 Å². The van der Waals surface area contributed by atoms with Crippen LogP contribution in [-0.4, -0.2) is 27.8 Å². The average Bonchev–Trinajstić information content (AvgIpc) is 2.98. The van der Waals surface area contributed by atoms with Gasteiger partial charge in [-0.1, -0.05) is 0 Å². The molecule has 1 fully saturated rings. The van der Waals surface area contributed by atoms with E-state index in [1.54, 1.807) is 0 Å². The molecule has 0 saturated carbocycles. The number of ether oxygens (including phenoxy) is 1. The quantitative estimate of drug-likeness (QED) is 0.870. The van der Waals surface area contributed by atoms with Crippen molar-refractivity contribution in [3.05, 3.63) is 17.7 Å². The number of hydrogen-bond acceptors (Lipinski definition) is 3. The molecule has 4 nitrogen and oxygen atoms in total. The summed E-state index contributed by atoms with van der Waals surface area (Å²) < 4.78 is 8.03. The number of aryl methyl sites for hydroxylation is 1. The summed E-state index contributed by atoms with van der Waals surface area (Å²) in [5, 5.41) is 3.54. The van der Waals surface area contributed by atoms with E-state index >= 15 is 0 Å². The molecular weight excluding hydrogens is 250 g/mol. The fourth-order valence-corrected chi connectivity index (χ4v) is 2.67. The Labute approximate surface area is 122 Å². The summed E-state index contributed by atoms with van der Waals surface area (Å²) in [5.74, 6) is 1.11. The van der Waals surface area contributed by atoms with Crippen LogP contribution in [0.15, 0.2) is 6.20 Å². The Hall–Kier alpha value is -0.870. The van der Waals surface area contributed by atoms with Crippen molar-refractivity contribution in [1.29, 1.82) is 0 Å². The smallest absolute Gasteiger partial charge is 0.105 e. The van der Waals surface area contributed by atoms with E-state index in [1.165, 1.54) is 31.4 Å². The van der Waals surface area contributed by atoms with E-state index in [2.05, 4.69) is 42.6 Å². The van der Waals surface area contributed by atoms with Gasteiger partial charge in [0.2, 0.25) is 0 Å². The van der Waals surface area contributed by atoms with E-state index in [4.69, 9.17) is 4.74 Å². The zero-order chi connectivity index (χ0) is 14.6. The van der Waals surface area contributed by atoms with Gasteiger partial charge in [0.1, 0.15) is 5.82 Å². The van der Waals surface area contributed by atoms with Crippen molar-refractivity contribution in [2.75, 3.05) is 6.61 Å². The van der Waals surface area contributed by atoms with Gasteiger partial charge in [-0.25, -0.2) is 4.98 Å². The van der Waals surface area contributed by atoms with Gasteiger partial charge >= 0.3 is 0 Å². The van der Waals surface area contributed by atoms with Crippen LogP contribution < -0.4 is 5.32 Å². The van der Waals surface area contributed by atoms with Gasteiger partial charge in [-0.15, -0.1) is 0 Å². The lowest BCUT2D eigenvalue weighted by molar-refractivity contribution is 0.101. The van der Waals surface area contributed by atoms with Gasteiger partial charge in [0, 0.05) is 31.4 Å². The van der Waals surface area contributed by atoms with Crippen LogP contribution >= 0.6 is 0 Å². The Kier molecular flexibility index (Phi) is 5.22. The summed E-state index contributed by atoms with van der Waals surface area (Å²) in [6.07, 6.45) is 7.31. The fourth-order valence-electron chi connectivity index (χ4n) is 2.67. The van der Waals surface area contributed by atoms with E-state index in [1.807, 2.05) is 6.20 Å². The monoisotopic (exact) mass is 279 g/mol. The molecule has 1 saturated heterocycles. The minimum absolute atomic E-state index is 0.140. The van der Waals surface area contributed by atoms with Crippen LogP contribution in [0.5, 0.6) is 0 Å². The summed E-state index contributed by atoms with van der Waals surface area (Å²) >= 11 is 0. The third kappa shape index (κ3) is 4.60. The highest BCUT2D eigenvalue weighted by molar-refractivity contribution is 5.04. The van der Waals surface area contributed by atoms with Crippen molar-refractivity contribution < 1.29 is 4.74 Å². The second-order valence-electron chi connectivity index (χ2n) is 6.83. The summed E-state index contributed by atoms with van der Waals surface area (Å²) in [4.78, 5) is 4.46. The van der Waals surface area contributed by atoms with Gasteiger partial charge in [0.15, 0.2) is 0 Å². The molecule has 20 heavy (non-hydrogen) atoms. The first-order chi connectivity index (χ1) is 9.46. The van der Waals surface area contributed by atoms with E-state index in [0.29, 0.717) is 6.10 Å². The number of hydrogen-bond donors (Lipinski definition) is 1. The third-order valence-electron chi connectivity index (χ3n) is 3.87. The Balaban J connectivity index is 1.84. The molecule has 0 bridgehead atoms. The Bertz CT molecular complexity index is 414. The van der Waals surface area contributed by atoms with E-state index in [-0.39, 0.29) is 5.54 Å². The van der Waals surface area contributed by atoms with Crippen LogP contribution in [0.4, 0.5) is 0 Å². The highest BCUT2D eigenvalue weighted by Crippen LogP contribution is 2.18. The van der Waals surface area contributed by atoms with Crippen molar-refractivity contribution in [3.8, 4) is 0 Å². The number of imidazole rings is 1. The molecule has 0 aliphatic carbocycles. The third-order valence-corrected chi connectivity index (χ3v) is 3.87. The number of aromatic nitrogens is 2. The predicted molar refractivity (Wildman–Crippen MR) is 81.8 cm³/mol. The highest BCUT2D eigenvalue weighted by Gasteiger charge is 2.16. The largest absolute Gasteiger partial charge is 0.378 e. The maximum atomic E-state index is 5.69. The number of nitrogens with zero attached hydrogens (tertiary/aromatic N) is 2. The standard InChI is InChI=1S/C16H29N3O/c1-13-17-11-14(12-18-16(2,3)4)19(13)9-5-7-15-8-6-10-20-15/h11,15,18H,5-10,12H2,1-4H3. The molecule has 0 aromatic carbocycles. The summed E-state index contributed by atoms with van der Waals surface area (Å²) in [6, 6.07) is 0. The lowest BCUT2D eigenvalue weighted by Gasteiger charge is -2.21. The maximum Gasteiger partial charge on any atom is 0.105 e. The Morgan fingerprint density at radius 3 is 2.90 bits per heavy atom. The van der Waals surface area contributed by atoms with Crippen LogP contribution in [0.25, 0.3) is 0 Å². The molecule has 2 rings (SSSR count). The SMILES string of the molecule is Cc1ncc(CNC(C)(C)C)n1CCCC1CCCO1. The van der Waals surface area contributed by atoms with Crippen molar-refractivity contribution in [1.82, 2.24) is 14.9 Å². The van der Waals surface area contributed by atoms with Crippen molar-refractivity contribution >= 4 is 0 Å². The molecule has 2 heterocycles. The Morgan fingerprint density at radius 2 is 2.25 bits per heavy atom. The summed E-state index contributed by atoms with van der Waals surface area (Å²) in [6.45, 7) is 11.5. The second kappa shape index (κ2) is 6.72. The van der Waals surface area contributed by atoms with Gasteiger partial charge in [-0.3, -0.25) is 0 Å². The average molecular weight is 279 g/mol. The number of nitrogens with one attached hydrogen (secondary N) is 1. The van der Waals surface area contributed by atoms with Gasteiger partial charge < -0.3 is 14.6 Å². The molecule has 0 radical (unpaired) electrons. The topological polar surface area (TPSA) is 39.1 Å². The Morgan fingerprint density at radius 1 is 1.45 bits per heavy atom. The first kappa shape index (κ1) is 15.5. The predicted octanol–water partition coefficient (Wildman–Crippen LogP) is 3.04. The van der Waals surface area contributed by atoms with E-state index in [0.717, 1.165) is 25.5 Å². The zero-order valence-corrected chi connectivity index (χ0v) is 13.4. The molecule has 1 aliphatic rings. The van der Waals surface area contributed by atoms with Crippen LogP contribution in [-0.2, 0) is 17.8 Å². The van der Waals surface area contributed by atoms with Crippen molar-refractivity contribution in [3.63, 3.8) is 0 Å². The van der Waals surface area contributed by atoms with E-state index in [9.17, 15) is 0 Å². The second-order valence-corrected chi connectivity index (χ2v) is 6.83. The molecule has 4 heteroatoms. The molecular formula is C16H29N3O. The first-order valence-corrected chi connectivity index (χ1v) is 7.83. The van der Waals surface area contributed by atoms with Gasteiger partial charge in [0.25, 0.3) is 0 Å². The lowest BCUT2D eigenvalue weighted by atomic mass is 10.1. The molecule has 1 unspecified atom stereocenters. The maximum absolute atomic E-state index is 5.69.